The summed E-state index contributed by atoms with van der Waals surface area (Å²) in [6.45, 7) is 3.60. The van der Waals surface area contributed by atoms with E-state index in [4.69, 9.17) is 11.6 Å². The van der Waals surface area contributed by atoms with E-state index in [1.165, 1.54) is 0 Å². The van der Waals surface area contributed by atoms with Crippen LogP contribution in [0.25, 0.3) is 0 Å². The Morgan fingerprint density at radius 3 is 3.06 bits per heavy atom. The third-order valence-corrected chi connectivity index (χ3v) is 3.99. The van der Waals surface area contributed by atoms with Crippen molar-refractivity contribution in [3.63, 3.8) is 0 Å². The summed E-state index contributed by atoms with van der Waals surface area (Å²) in [5.41, 5.74) is 1.60. The molecule has 0 aliphatic carbocycles. The largest absolute Gasteiger partial charge is 0.334 e. The van der Waals surface area contributed by atoms with Gasteiger partial charge in [0.05, 0.1) is 0 Å². The van der Waals surface area contributed by atoms with E-state index in [1.807, 2.05) is 37.1 Å². The molecular formula is C14H19ClN2O. The van der Waals surface area contributed by atoms with Crippen LogP contribution in [0.3, 0.4) is 0 Å². The van der Waals surface area contributed by atoms with E-state index in [0.29, 0.717) is 11.1 Å². The Morgan fingerprint density at radius 1 is 1.56 bits per heavy atom. The third-order valence-electron chi connectivity index (χ3n) is 3.58. The molecule has 1 N–H and O–H groups in total. The van der Waals surface area contributed by atoms with Gasteiger partial charge in [0.25, 0.3) is 5.91 Å². The van der Waals surface area contributed by atoms with Crippen molar-refractivity contribution >= 4 is 17.5 Å². The first-order chi connectivity index (χ1) is 8.65. The molecule has 3 nitrogen and oxygen atoms in total. The summed E-state index contributed by atoms with van der Waals surface area (Å²) in [6, 6.07) is 5.83. The highest BCUT2D eigenvalue weighted by Crippen LogP contribution is 2.24. The fraction of sp³-hybridized carbons (Fsp3) is 0.500. The fourth-order valence-electron chi connectivity index (χ4n) is 2.54. The molecule has 1 heterocycles. The predicted molar refractivity (Wildman–Crippen MR) is 74.2 cm³/mol. The highest BCUT2D eigenvalue weighted by molar-refractivity contribution is 6.31. The maximum absolute atomic E-state index is 12.5. The van der Waals surface area contributed by atoms with Crippen LogP contribution in [0, 0.1) is 6.92 Å². The maximum atomic E-state index is 12.5. The number of halogens is 1. The van der Waals surface area contributed by atoms with Crippen LogP contribution in [-0.4, -0.2) is 37.0 Å². The topological polar surface area (TPSA) is 32.3 Å². The van der Waals surface area contributed by atoms with Crippen molar-refractivity contribution < 1.29 is 4.79 Å². The van der Waals surface area contributed by atoms with E-state index in [9.17, 15) is 4.79 Å². The molecule has 1 aromatic rings. The van der Waals surface area contributed by atoms with Crippen molar-refractivity contribution in [1.82, 2.24) is 10.2 Å². The fourth-order valence-corrected chi connectivity index (χ4v) is 2.72. The number of hydrogen-bond donors (Lipinski definition) is 1. The van der Waals surface area contributed by atoms with Crippen LogP contribution in [0.1, 0.15) is 28.8 Å². The van der Waals surface area contributed by atoms with Gasteiger partial charge in [0.2, 0.25) is 0 Å². The molecule has 0 radical (unpaired) electrons. The lowest BCUT2D eigenvalue weighted by Crippen LogP contribution is -2.41. The molecule has 1 aliphatic rings. The summed E-state index contributed by atoms with van der Waals surface area (Å²) in [4.78, 5) is 14.5. The molecule has 0 bridgehead atoms. The molecule has 1 amide bonds. The second-order valence-corrected chi connectivity index (χ2v) is 5.17. The lowest BCUT2D eigenvalue weighted by atomic mass is 10.1. The third kappa shape index (κ3) is 2.52. The molecule has 1 fully saturated rings. The van der Waals surface area contributed by atoms with Gasteiger partial charge in [0, 0.05) is 29.7 Å². The Hall–Kier alpha value is -1.06. The van der Waals surface area contributed by atoms with Crippen LogP contribution in [0.2, 0.25) is 5.02 Å². The molecule has 1 atom stereocenters. The summed E-state index contributed by atoms with van der Waals surface area (Å²) in [5.74, 6) is 0.104. The Balaban J connectivity index is 2.23. The number of hydrogen-bond acceptors (Lipinski definition) is 2. The minimum absolute atomic E-state index is 0.104. The first-order valence-electron chi connectivity index (χ1n) is 6.36. The van der Waals surface area contributed by atoms with Crippen LogP contribution >= 0.6 is 11.6 Å². The number of benzene rings is 1. The van der Waals surface area contributed by atoms with Crippen LogP contribution in [0.15, 0.2) is 18.2 Å². The number of carbonyl (C=O) groups is 1. The summed E-state index contributed by atoms with van der Waals surface area (Å²) in [7, 11) is 1.92. The van der Waals surface area contributed by atoms with Gasteiger partial charge in [-0.05, 0) is 44.5 Å². The van der Waals surface area contributed by atoms with Crippen LogP contribution in [-0.2, 0) is 0 Å². The average Bonchev–Trinajstić information content (AvgIpc) is 2.80. The number of carbonyl (C=O) groups excluding carboxylic acids is 1. The Labute approximate surface area is 113 Å². The number of rotatable bonds is 3. The van der Waals surface area contributed by atoms with Crippen LogP contribution in [0.5, 0.6) is 0 Å². The Morgan fingerprint density at radius 2 is 2.33 bits per heavy atom. The molecule has 4 heteroatoms. The minimum Gasteiger partial charge on any atom is -0.334 e. The van der Waals surface area contributed by atoms with Gasteiger partial charge in [-0.1, -0.05) is 17.7 Å². The zero-order chi connectivity index (χ0) is 13.1. The first kappa shape index (κ1) is 13.4. The molecule has 18 heavy (non-hydrogen) atoms. The minimum atomic E-state index is 0.104. The maximum Gasteiger partial charge on any atom is 0.254 e. The van der Waals surface area contributed by atoms with Gasteiger partial charge in [0.15, 0.2) is 0 Å². The molecule has 1 saturated heterocycles. The lowest BCUT2D eigenvalue weighted by molar-refractivity contribution is 0.0736. The average molecular weight is 267 g/mol. The van der Waals surface area contributed by atoms with E-state index >= 15 is 0 Å². The second-order valence-electron chi connectivity index (χ2n) is 4.76. The van der Waals surface area contributed by atoms with Gasteiger partial charge in [-0.2, -0.15) is 0 Å². The molecule has 0 saturated carbocycles. The molecular weight excluding hydrogens is 248 g/mol. The second kappa shape index (κ2) is 5.72. The van der Waals surface area contributed by atoms with E-state index in [-0.39, 0.29) is 5.91 Å². The van der Waals surface area contributed by atoms with E-state index in [0.717, 1.165) is 37.1 Å². The zero-order valence-corrected chi connectivity index (χ0v) is 11.6. The smallest absolute Gasteiger partial charge is 0.254 e. The Bertz CT molecular complexity index is 447. The van der Waals surface area contributed by atoms with Gasteiger partial charge in [-0.25, -0.2) is 0 Å². The summed E-state index contributed by atoms with van der Waals surface area (Å²) in [6.07, 6.45) is 2.16. The van der Waals surface area contributed by atoms with Crippen molar-refractivity contribution in [3.05, 3.63) is 34.3 Å². The van der Waals surface area contributed by atoms with Gasteiger partial charge in [-0.3, -0.25) is 4.79 Å². The number of nitrogens with one attached hydrogen (secondary N) is 1. The standard InChI is InChI=1S/C14H19ClN2O/c1-10-12(6-3-7-13(10)15)14(18)17-8-4-5-11(17)9-16-2/h3,6-7,11,16H,4-5,8-9H2,1-2H3. The van der Waals surface area contributed by atoms with Crippen LogP contribution in [0.4, 0.5) is 0 Å². The molecule has 2 rings (SSSR count). The van der Waals surface area contributed by atoms with Gasteiger partial charge < -0.3 is 10.2 Å². The van der Waals surface area contributed by atoms with Crippen LogP contribution < -0.4 is 5.32 Å². The van der Waals surface area contributed by atoms with Crippen molar-refractivity contribution in [2.24, 2.45) is 0 Å². The molecule has 1 unspecified atom stereocenters. The monoisotopic (exact) mass is 266 g/mol. The predicted octanol–water partition coefficient (Wildman–Crippen LogP) is 2.47. The zero-order valence-electron chi connectivity index (χ0n) is 10.9. The van der Waals surface area contributed by atoms with Gasteiger partial charge in [0.1, 0.15) is 0 Å². The Kier molecular flexibility index (Phi) is 4.25. The number of amides is 1. The quantitative estimate of drug-likeness (QED) is 0.912. The van der Waals surface area contributed by atoms with E-state index in [2.05, 4.69) is 5.32 Å². The van der Waals surface area contributed by atoms with Crippen molar-refractivity contribution in [1.29, 1.82) is 0 Å². The summed E-state index contributed by atoms with van der Waals surface area (Å²) >= 11 is 6.08. The SMILES string of the molecule is CNCC1CCCN1C(=O)c1cccc(Cl)c1C. The number of likely N-dealkylation sites (N-methyl/N-ethyl adjacent to an activating group) is 1. The normalized spacial score (nSPS) is 19.3. The van der Waals surface area contributed by atoms with E-state index < -0.39 is 0 Å². The molecule has 1 aromatic carbocycles. The van der Waals surface area contributed by atoms with Gasteiger partial charge >= 0.3 is 0 Å². The summed E-state index contributed by atoms with van der Waals surface area (Å²) in [5, 5.41) is 3.81. The summed E-state index contributed by atoms with van der Waals surface area (Å²) < 4.78 is 0. The number of nitrogens with zero attached hydrogens (tertiary/aromatic N) is 1. The highest BCUT2D eigenvalue weighted by atomic mass is 35.5. The first-order valence-corrected chi connectivity index (χ1v) is 6.73. The van der Waals surface area contributed by atoms with Crippen molar-refractivity contribution in [2.45, 2.75) is 25.8 Å². The van der Waals surface area contributed by atoms with Crippen molar-refractivity contribution in [3.8, 4) is 0 Å². The molecule has 0 aromatic heterocycles. The molecule has 0 spiro atoms. The highest BCUT2D eigenvalue weighted by Gasteiger charge is 2.29. The van der Waals surface area contributed by atoms with E-state index in [1.54, 1.807) is 0 Å². The number of likely N-dealkylation sites (tertiary alicyclic amines) is 1. The molecule has 98 valence electrons. The molecule has 1 aliphatic heterocycles. The lowest BCUT2D eigenvalue weighted by Gasteiger charge is -2.25. The van der Waals surface area contributed by atoms with Crippen molar-refractivity contribution in [2.75, 3.05) is 20.1 Å². The van der Waals surface area contributed by atoms with Gasteiger partial charge in [-0.15, -0.1) is 0 Å².